The molecule has 1 unspecified atom stereocenters. The molecule has 0 spiro atoms. The van der Waals surface area contributed by atoms with Crippen LogP contribution in [0, 0.1) is 5.92 Å². The Labute approximate surface area is 109 Å². The highest BCUT2D eigenvalue weighted by atomic mass is 15.1. The van der Waals surface area contributed by atoms with Crippen LogP contribution in [0.25, 0.3) is 0 Å². The first-order chi connectivity index (χ1) is 8.33. The summed E-state index contributed by atoms with van der Waals surface area (Å²) in [6.07, 6.45) is 16.1. The van der Waals surface area contributed by atoms with Gasteiger partial charge in [-0.1, -0.05) is 64.7 Å². The molecule has 0 radical (unpaired) electrons. The van der Waals surface area contributed by atoms with Gasteiger partial charge in [0.05, 0.1) is 0 Å². The predicted molar refractivity (Wildman–Crippen MR) is 77.4 cm³/mol. The molecule has 0 aromatic rings. The van der Waals surface area contributed by atoms with Crippen molar-refractivity contribution in [3.63, 3.8) is 0 Å². The molecule has 17 heavy (non-hydrogen) atoms. The highest BCUT2D eigenvalue weighted by molar-refractivity contribution is 4.72. The van der Waals surface area contributed by atoms with E-state index >= 15 is 0 Å². The van der Waals surface area contributed by atoms with Crippen molar-refractivity contribution in [1.82, 2.24) is 4.90 Å². The first-order valence-electron chi connectivity index (χ1n) is 8.01. The molecule has 0 N–H and O–H groups in total. The maximum atomic E-state index is 2.48. The number of rotatable bonds is 10. The van der Waals surface area contributed by atoms with Crippen molar-refractivity contribution in [2.45, 2.75) is 77.6 Å². The fraction of sp³-hybridized carbons (Fsp3) is 1.00. The first-order valence-corrected chi connectivity index (χ1v) is 8.01. The first kappa shape index (κ1) is 15.0. The number of hydrogen-bond donors (Lipinski definition) is 0. The van der Waals surface area contributed by atoms with Crippen LogP contribution in [0.1, 0.15) is 77.6 Å². The van der Waals surface area contributed by atoms with Crippen LogP contribution in [0.4, 0.5) is 0 Å². The third-order valence-corrected chi connectivity index (χ3v) is 4.20. The summed E-state index contributed by atoms with van der Waals surface area (Å²) in [7, 11) is 2.26. The lowest BCUT2D eigenvalue weighted by Crippen LogP contribution is -2.13. The van der Waals surface area contributed by atoms with Gasteiger partial charge in [0.25, 0.3) is 0 Å². The lowest BCUT2D eigenvalue weighted by Gasteiger charge is -2.09. The van der Waals surface area contributed by atoms with Gasteiger partial charge in [0, 0.05) is 6.54 Å². The van der Waals surface area contributed by atoms with Crippen molar-refractivity contribution in [3.05, 3.63) is 0 Å². The molecule has 1 heterocycles. The second-order valence-electron chi connectivity index (χ2n) is 6.03. The van der Waals surface area contributed by atoms with Crippen LogP contribution in [-0.4, -0.2) is 25.0 Å². The molecule has 0 aromatic carbocycles. The maximum absolute atomic E-state index is 2.48. The molecule has 1 aliphatic rings. The number of unbranched alkanes of at least 4 members (excludes halogenated alkanes) is 8. The minimum atomic E-state index is 1.02. The Morgan fingerprint density at radius 2 is 1.47 bits per heavy atom. The average Bonchev–Trinajstić information content (AvgIpc) is 2.73. The standard InChI is InChI=1S/C16H33N/c1-3-4-5-6-7-8-9-10-11-12-16-13-14-17(2)15-16/h16H,3-15H2,1-2H3. The topological polar surface area (TPSA) is 3.24 Å². The van der Waals surface area contributed by atoms with Gasteiger partial charge >= 0.3 is 0 Å². The summed E-state index contributed by atoms with van der Waals surface area (Å²) in [6, 6.07) is 0. The molecule has 1 atom stereocenters. The van der Waals surface area contributed by atoms with Gasteiger partial charge in [-0.3, -0.25) is 0 Å². The molecule has 1 aliphatic heterocycles. The van der Waals surface area contributed by atoms with Gasteiger partial charge in [-0.25, -0.2) is 0 Å². The maximum Gasteiger partial charge on any atom is 0.000708 e. The lowest BCUT2D eigenvalue weighted by atomic mass is 9.99. The number of likely N-dealkylation sites (tertiary alicyclic amines) is 1. The van der Waals surface area contributed by atoms with Crippen LogP contribution in [0.15, 0.2) is 0 Å². The smallest absolute Gasteiger partial charge is 0.000708 e. The van der Waals surface area contributed by atoms with E-state index in [1.54, 1.807) is 0 Å². The molecule has 1 rings (SSSR count). The molecule has 1 saturated heterocycles. The average molecular weight is 239 g/mol. The monoisotopic (exact) mass is 239 g/mol. The SMILES string of the molecule is CCCCCCCCCCCC1CCN(C)C1. The lowest BCUT2D eigenvalue weighted by molar-refractivity contribution is 0.381. The molecular formula is C16H33N. The highest BCUT2D eigenvalue weighted by Crippen LogP contribution is 2.21. The molecule has 0 bridgehead atoms. The third kappa shape index (κ3) is 7.81. The Kier molecular flexibility index (Phi) is 8.78. The number of hydrogen-bond acceptors (Lipinski definition) is 1. The Hall–Kier alpha value is -0.0400. The summed E-state index contributed by atoms with van der Waals surface area (Å²) in [4.78, 5) is 2.48. The van der Waals surface area contributed by atoms with Crippen LogP contribution in [0.3, 0.4) is 0 Å². The van der Waals surface area contributed by atoms with Crippen molar-refractivity contribution >= 4 is 0 Å². The van der Waals surface area contributed by atoms with E-state index in [2.05, 4.69) is 18.9 Å². The Bertz CT molecular complexity index is 167. The summed E-state index contributed by atoms with van der Waals surface area (Å²) in [6.45, 7) is 4.99. The van der Waals surface area contributed by atoms with Crippen molar-refractivity contribution in [2.75, 3.05) is 20.1 Å². The van der Waals surface area contributed by atoms with E-state index in [1.165, 1.54) is 83.7 Å². The molecule has 0 aromatic heterocycles. The van der Waals surface area contributed by atoms with E-state index < -0.39 is 0 Å². The Balaban J connectivity index is 1.75. The number of nitrogens with zero attached hydrogens (tertiary/aromatic N) is 1. The molecule has 0 saturated carbocycles. The molecule has 1 heteroatoms. The van der Waals surface area contributed by atoms with E-state index in [1.807, 2.05) is 0 Å². The van der Waals surface area contributed by atoms with E-state index in [0.717, 1.165) is 5.92 Å². The van der Waals surface area contributed by atoms with Gasteiger partial charge in [-0.2, -0.15) is 0 Å². The van der Waals surface area contributed by atoms with E-state index in [-0.39, 0.29) is 0 Å². The summed E-state index contributed by atoms with van der Waals surface area (Å²) in [5.41, 5.74) is 0. The fourth-order valence-corrected chi connectivity index (χ4v) is 3.01. The zero-order valence-corrected chi connectivity index (χ0v) is 12.2. The Morgan fingerprint density at radius 1 is 0.882 bits per heavy atom. The van der Waals surface area contributed by atoms with Crippen molar-refractivity contribution in [2.24, 2.45) is 5.92 Å². The molecule has 1 fully saturated rings. The largest absolute Gasteiger partial charge is 0.306 e. The quantitative estimate of drug-likeness (QED) is 0.492. The molecule has 102 valence electrons. The minimum absolute atomic E-state index is 1.02. The van der Waals surface area contributed by atoms with Gasteiger partial charge < -0.3 is 4.90 Å². The summed E-state index contributed by atoms with van der Waals surface area (Å²) in [5, 5.41) is 0. The van der Waals surface area contributed by atoms with E-state index in [9.17, 15) is 0 Å². The van der Waals surface area contributed by atoms with Gasteiger partial charge in [0.2, 0.25) is 0 Å². The summed E-state index contributed by atoms with van der Waals surface area (Å²) >= 11 is 0. The van der Waals surface area contributed by atoms with Crippen LogP contribution >= 0.6 is 0 Å². The minimum Gasteiger partial charge on any atom is -0.306 e. The van der Waals surface area contributed by atoms with Crippen LogP contribution in [0.2, 0.25) is 0 Å². The van der Waals surface area contributed by atoms with Crippen molar-refractivity contribution in [1.29, 1.82) is 0 Å². The Morgan fingerprint density at radius 3 is 2.00 bits per heavy atom. The third-order valence-electron chi connectivity index (χ3n) is 4.20. The molecular weight excluding hydrogens is 206 g/mol. The second-order valence-corrected chi connectivity index (χ2v) is 6.03. The molecule has 1 nitrogen and oxygen atoms in total. The van der Waals surface area contributed by atoms with Gasteiger partial charge in [0.15, 0.2) is 0 Å². The highest BCUT2D eigenvalue weighted by Gasteiger charge is 2.18. The summed E-state index contributed by atoms with van der Waals surface area (Å²) in [5.74, 6) is 1.02. The second kappa shape index (κ2) is 9.94. The van der Waals surface area contributed by atoms with Crippen LogP contribution in [-0.2, 0) is 0 Å². The molecule has 0 aliphatic carbocycles. The zero-order chi connectivity index (χ0) is 12.3. The van der Waals surface area contributed by atoms with Gasteiger partial charge in [0.1, 0.15) is 0 Å². The molecule has 0 amide bonds. The van der Waals surface area contributed by atoms with Crippen LogP contribution < -0.4 is 0 Å². The summed E-state index contributed by atoms with van der Waals surface area (Å²) < 4.78 is 0. The van der Waals surface area contributed by atoms with Crippen molar-refractivity contribution in [3.8, 4) is 0 Å². The fourth-order valence-electron chi connectivity index (χ4n) is 3.01. The van der Waals surface area contributed by atoms with E-state index in [0.29, 0.717) is 0 Å². The normalized spacial score (nSPS) is 21.2. The van der Waals surface area contributed by atoms with Gasteiger partial charge in [-0.05, 0) is 32.4 Å². The van der Waals surface area contributed by atoms with Crippen molar-refractivity contribution < 1.29 is 0 Å². The van der Waals surface area contributed by atoms with Gasteiger partial charge in [-0.15, -0.1) is 0 Å². The van der Waals surface area contributed by atoms with Crippen LogP contribution in [0.5, 0.6) is 0 Å². The predicted octanol–water partition coefficient (Wildman–Crippen LogP) is 4.86. The zero-order valence-electron chi connectivity index (χ0n) is 12.2. The van der Waals surface area contributed by atoms with E-state index in [4.69, 9.17) is 0 Å².